The number of thiazole rings is 1. The number of aromatic nitrogens is 14. The molecule has 3 aliphatic rings. The van der Waals surface area contributed by atoms with E-state index in [2.05, 4.69) is 67.2 Å². The second kappa shape index (κ2) is 26.3. The van der Waals surface area contributed by atoms with Gasteiger partial charge in [0.05, 0.1) is 61.2 Å². The summed E-state index contributed by atoms with van der Waals surface area (Å²) in [6, 6.07) is 21.1. The molecular weight excluding hydrogens is 1130 g/mol. The molecule has 0 atom stereocenters. The van der Waals surface area contributed by atoms with Gasteiger partial charge in [-0.15, -0.1) is 10.2 Å². The summed E-state index contributed by atoms with van der Waals surface area (Å²) in [5.74, 6) is 1.95. The van der Waals surface area contributed by atoms with Crippen LogP contribution in [0.5, 0.6) is 0 Å². The van der Waals surface area contributed by atoms with Crippen LogP contribution in [0.1, 0.15) is 46.1 Å². The van der Waals surface area contributed by atoms with Gasteiger partial charge >= 0.3 is 12.0 Å². The van der Waals surface area contributed by atoms with Crippen LogP contribution in [0.15, 0.2) is 109 Å². The van der Waals surface area contributed by atoms with Gasteiger partial charge in [0.15, 0.2) is 5.13 Å². The van der Waals surface area contributed by atoms with Gasteiger partial charge in [0.2, 0.25) is 10.3 Å². The minimum absolute atomic E-state index is 0.0903. The van der Waals surface area contributed by atoms with Crippen LogP contribution in [0.3, 0.4) is 0 Å². The Hall–Kier alpha value is -8.96. The zero-order chi connectivity index (χ0) is 59.9. The number of fused-ring (bicyclic) bond motifs is 1. The Balaban J connectivity index is 0.000000126. The maximum absolute atomic E-state index is 14.3. The van der Waals surface area contributed by atoms with Gasteiger partial charge in [0.25, 0.3) is 22.2 Å². The van der Waals surface area contributed by atoms with Crippen molar-refractivity contribution < 1.29 is 23.0 Å². The molecule has 0 amide bonds. The quantitative estimate of drug-likeness (QED) is 0.177. The summed E-state index contributed by atoms with van der Waals surface area (Å²) in [5.41, 5.74) is 5.08. The summed E-state index contributed by atoms with van der Waals surface area (Å²) in [5, 5.41) is 18.3. The van der Waals surface area contributed by atoms with E-state index in [1.165, 1.54) is 72.4 Å². The first-order valence-electron chi connectivity index (χ1n) is 27.3. The molecule has 8 aromatic heterocycles. The normalized spacial score (nSPS) is 14.3. The van der Waals surface area contributed by atoms with Crippen LogP contribution in [0, 0.1) is 61.2 Å². The molecule has 2 aromatic carbocycles. The number of aryl methyl sites for hydroxylation is 8. The van der Waals surface area contributed by atoms with Crippen molar-refractivity contribution in [1.82, 2.24) is 68.2 Å². The first kappa shape index (κ1) is 59.2. The molecule has 3 saturated heterocycles. The highest BCUT2D eigenvalue weighted by Crippen LogP contribution is 2.30. The van der Waals surface area contributed by atoms with Crippen LogP contribution >= 0.6 is 22.7 Å². The third-order valence-electron chi connectivity index (χ3n) is 13.6. The number of benzene rings is 2. The molecule has 0 radical (unpaired) electrons. The van der Waals surface area contributed by atoms with Gasteiger partial charge < -0.3 is 37.9 Å². The van der Waals surface area contributed by atoms with Crippen LogP contribution in [0.2, 0.25) is 0 Å². The standard InChI is InChI=1S/C17H18N4O2S.C16H14FN3O.C12H15N5O3.C12H15N5O2S/c1-11-9-16(22)21(12(2)18-11)17-19-14-4-3-13(10-15(14)24-17)20-5-7-23-8-6-20;1-11-9-16(21)20(12(2)18-11)13-5-6-15(14(17)10-13)19-7-3-4-8-19;2*1-8-7-10(18)17(9(2)13-8)12-15-14-11(20-12)16-3-5-19-6-4-16/h3-4,9-10H,5-8H2,1-2H3;3-10H,1-2H3;2*7H,3-6H2,1-2H3. The molecule has 85 heavy (non-hydrogen) atoms. The molecule has 13 rings (SSSR count). The van der Waals surface area contributed by atoms with E-state index in [-0.39, 0.29) is 28.3 Å². The van der Waals surface area contributed by atoms with Crippen molar-refractivity contribution in [3.63, 3.8) is 0 Å². The average molecular weight is 1200 g/mol. The molecule has 0 N–H and O–H groups in total. The molecular formula is C57H62FN17O8S2. The zero-order valence-electron chi connectivity index (χ0n) is 48.1. The van der Waals surface area contributed by atoms with E-state index >= 15 is 0 Å². The average Bonchev–Trinajstić information content (AvgIpc) is 2.98. The third-order valence-corrected chi connectivity index (χ3v) is 15.6. The molecule has 10 aromatic rings. The topological polar surface area (TPSA) is 259 Å². The van der Waals surface area contributed by atoms with Gasteiger partial charge in [0.1, 0.15) is 29.1 Å². The number of halogens is 1. The van der Waals surface area contributed by atoms with Crippen molar-refractivity contribution in [2.24, 2.45) is 0 Å². The molecule has 0 aliphatic carbocycles. The van der Waals surface area contributed by atoms with Crippen LogP contribution in [-0.4, -0.2) is 147 Å². The maximum Gasteiger partial charge on any atom is 0.332 e. The van der Waals surface area contributed by atoms with E-state index in [0.29, 0.717) is 108 Å². The van der Waals surface area contributed by atoms with E-state index in [1.807, 2.05) is 36.9 Å². The van der Waals surface area contributed by atoms with Gasteiger partial charge in [-0.05, 0) is 97.9 Å². The highest BCUT2D eigenvalue weighted by molar-refractivity contribution is 7.20. The highest BCUT2D eigenvalue weighted by atomic mass is 32.1. The fourth-order valence-electron chi connectivity index (χ4n) is 9.69. The highest BCUT2D eigenvalue weighted by Gasteiger charge is 2.22. The van der Waals surface area contributed by atoms with Crippen LogP contribution in [-0.2, 0) is 14.2 Å². The van der Waals surface area contributed by atoms with Crippen molar-refractivity contribution in [1.29, 1.82) is 0 Å². The van der Waals surface area contributed by atoms with E-state index in [9.17, 15) is 23.6 Å². The molecule has 28 heteroatoms. The van der Waals surface area contributed by atoms with Crippen molar-refractivity contribution in [2.45, 2.75) is 55.4 Å². The molecule has 3 aliphatic heterocycles. The SMILES string of the molecule is Cc1cc(=O)n(-c2ccc(-n3cccc3)c(F)c2)c(C)n1.Cc1cc(=O)n(-c2nc3ccc(N4CCOCC4)cc3s2)c(C)n1.Cc1cc(=O)n(-c2nnc(N3CCOCC3)o2)c(C)n1.Cc1cc(=O)n(-c2nnc(N3CCOCC3)s2)c(C)n1. The molecule has 0 bridgehead atoms. The third kappa shape index (κ3) is 13.8. The van der Waals surface area contributed by atoms with Crippen LogP contribution < -0.4 is 36.9 Å². The molecule has 11 heterocycles. The fraction of sp³-hybridized carbons (Fsp3) is 0.351. The number of ether oxygens (including phenoxy) is 3. The summed E-state index contributed by atoms with van der Waals surface area (Å²) in [6.45, 7) is 23.2. The Morgan fingerprint density at radius 2 is 0.894 bits per heavy atom. The second-order valence-corrected chi connectivity index (χ2v) is 21.8. The number of hydrogen-bond donors (Lipinski definition) is 0. The largest absolute Gasteiger partial charge is 0.389 e. The van der Waals surface area contributed by atoms with Gasteiger partial charge in [0, 0.05) is 110 Å². The molecule has 3 fully saturated rings. The Bertz CT molecular complexity index is 4110. The number of rotatable bonds is 8. The summed E-state index contributed by atoms with van der Waals surface area (Å²) in [7, 11) is 0. The molecule has 442 valence electrons. The van der Waals surface area contributed by atoms with Crippen molar-refractivity contribution in [2.75, 3.05) is 93.6 Å². The van der Waals surface area contributed by atoms with Crippen molar-refractivity contribution in [3.05, 3.63) is 178 Å². The predicted octanol–water partition coefficient (Wildman–Crippen LogP) is 5.68. The minimum Gasteiger partial charge on any atom is -0.389 e. The number of anilines is 3. The molecule has 0 unspecified atom stereocenters. The van der Waals surface area contributed by atoms with Crippen LogP contribution in [0.25, 0.3) is 37.9 Å². The fourth-order valence-corrected chi connectivity index (χ4v) is 11.7. The predicted molar refractivity (Wildman–Crippen MR) is 320 cm³/mol. The van der Waals surface area contributed by atoms with Crippen molar-refractivity contribution in [3.8, 4) is 27.7 Å². The van der Waals surface area contributed by atoms with Crippen molar-refractivity contribution >= 4 is 49.7 Å². The lowest BCUT2D eigenvalue weighted by atomic mass is 10.2. The number of hydrogen-bond acceptors (Lipinski definition) is 22. The Morgan fingerprint density at radius 1 is 0.435 bits per heavy atom. The number of morpholine rings is 3. The number of nitrogens with zero attached hydrogens (tertiary/aromatic N) is 17. The Kier molecular flexibility index (Phi) is 18.3. The smallest absolute Gasteiger partial charge is 0.332 e. The zero-order valence-corrected chi connectivity index (χ0v) is 49.8. The summed E-state index contributed by atoms with van der Waals surface area (Å²) < 4.78 is 44.4. The molecule has 25 nitrogen and oxygen atoms in total. The lowest BCUT2D eigenvalue weighted by Crippen LogP contribution is -2.36. The summed E-state index contributed by atoms with van der Waals surface area (Å²) >= 11 is 2.91. The van der Waals surface area contributed by atoms with E-state index in [0.717, 1.165) is 60.4 Å². The van der Waals surface area contributed by atoms with E-state index in [4.69, 9.17) is 18.6 Å². The monoisotopic (exact) mass is 1200 g/mol. The maximum atomic E-state index is 14.3. The van der Waals surface area contributed by atoms with Gasteiger partial charge in [-0.1, -0.05) is 32.9 Å². The lowest BCUT2D eigenvalue weighted by Gasteiger charge is -2.28. The van der Waals surface area contributed by atoms with Gasteiger partial charge in [-0.3, -0.25) is 23.7 Å². The molecule has 0 spiro atoms. The van der Waals surface area contributed by atoms with E-state index in [1.54, 1.807) is 75.2 Å². The minimum atomic E-state index is -0.393. The van der Waals surface area contributed by atoms with Crippen LogP contribution in [0.4, 0.5) is 21.2 Å². The lowest BCUT2D eigenvalue weighted by molar-refractivity contribution is 0.120. The van der Waals surface area contributed by atoms with Gasteiger partial charge in [-0.25, -0.2) is 43.0 Å². The first-order valence-corrected chi connectivity index (χ1v) is 28.9. The summed E-state index contributed by atoms with van der Waals surface area (Å²) in [4.78, 5) is 76.6. The summed E-state index contributed by atoms with van der Waals surface area (Å²) in [6.07, 6.45) is 3.53. The first-order chi connectivity index (χ1) is 41.0. The Morgan fingerprint density at radius 3 is 1.42 bits per heavy atom. The molecule has 0 saturated carbocycles. The second-order valence-electron chi connectivity index (χ2n) is 19.9. The Labute approximate surface area is 493 Å². The van der Waals surface area contributed by atoms with E-state index < -0.39 is 5.82 Å². The van der Waals surface area contributed by atoms with Gasteiger partial charge in [-0.2, -0.15) is 0 Å².